The van der Waals surface area contributed by atoms with Gasteiger partial charge in [0.05, 0.1) is 11.8 Å². The van der Waals surface area contributed by atoms with Crippen LogP contribution in [0.15, 0.2) is 60.2 Å². The molecule has 3 saturated heterocycles. The van der Waals surface area contributed by atoms with Crippen LogP contribution < -0.4 is 4.74 Å². The SMILES string of the molecule is CN1C(=O)[C@]2(Cl)C[C@@H]3C(=CC[C@@H]4C(=O)N(C5CCN(Cc6ccccc6)CC5)C(=O)[C@@H]43)[C@H](c3cc(OC(F)(F)F)ccc3O)[C@]2(Cl)C1=O. The summed E-state index contributed by atoms with van der Waals surface area (Å²) < 4.78 is 43.7. The quantitative estimate of drug-likeness (QED) is 0.267. The summed E-state index contributed by atoms with van der Waals surface area (Å²) in [5, 5.41) is 11.0. The van der Waals surface area contributed by atoms with E-state index in [1.54, 1.807) is 6.08 Å². The van der Waals surface area contributed by atoms with Gasteiger partial charge in [-0.15, -0.1) is 36.4 Å². The highest BCUT2D eigenvalue weighted by molar-refractivity contribution is 6.53. The number of amides is 4. The summed E-state index contributed by atoms with van der Waals surface area (Å²) in [5.41, 5.74) is 1.31. The van der Waals surface area contributed by atoms with Crippen molar-refractivity contribution in [2.75, 3.05) is 20.1 Å². The molecule has 1 saturated carbocycles. The number of fused-ring (bicyclic) bond motifs is 4. The lowest BCUT2D eigenvalue weighted by molar-refractivity contribution is -0.274. The molecule has 14 heteroatoms. The monoisotopic (exact) mass is 705 g/mol. The molecule has 2 aromatic rings. The van der Waals surface area contributed by atoms with Gasteiger partial charge in [0.25, 0.3) is 11.8 Å². The smallest absolute Gasteiger partial charge is 0.508 e. The van der Waals surface area contributed by atoms with Crippen LogP contribution in [-0.2, 0) is 25.7 Å². The molecular weight excluding hydrogens is 674 g/mol. The first-order chi connectivity index (χ1) is 22.7. The summed E-state index contributed by atoms with van der Waals surface area (Å²) >= 11 is 14.2. The van der Waals surface area contributed by atoms with E-state index in [0.717, 1.165) is 29.6 Å². The lowest BCUT2D eigenvalue weighted by atomic mass is 9.56. The van der Waals surface area contributed by atoms with Gasteiger partial charge in [0, 0.05) is 44.2 Å². The number of hydrogen-bond donors (Lipinski definition) is 1. The van der Waals surface area contributed by atoms with Gasteiger partial charge in [-0.1, -0.05) is 42.0 Å². The van der Waals surface area contributed by atoms with Crippen LogP contribution in [0, 0.1) is 17.8 Å². The molecule has 6 atom stereocenters. The Balaban J connectivity index is 1.23. The van der Waals surface area contributed by atoms with Crippen LogP contribution in [0.5, 0.6) is 11.5 Å². The average molecular weight is 707 g/mol. The maximum atomic E-state index is 14.3. The molecule has 0 bridgehead atoms. The summed E-state index contributed by atoms with van der Waals surface area (Å²) in [5.74, 6) is -7.64. The van der Waals surface area contributed by atoms with Gasteiger partial charge in [-0.05, 0) is 55.4 Å². The van der Waals surface area contributed by atoms with Crippen LogP contribution in [0.3, 0.4) is 0 Å². The Hall–Kier alpha value is -3.61. The number of likely N-dealkylation sites (tertiary alicyclic amines) is 3. The number of imide groups is 2. The van der Waals surface area contributed by atoms with Crippen molar-refractivity contribution in [2.24, 2.45) is 17.8 Å². The van der Waals surface area contributed by atoms with E-state index < -0.39 is 69.0 Å². The first-order valence-electron chi connectivity index (χ1n) is 15.8. The highest BCUT2D eigenvalue weighted by Crippen LogP contribution is 2.66. The number of nitrogens with zero attached hydrogens (tertiary/aromatic N) is 3. The number of hydrogen-bond acceptors (Lipinski definition) is 7. The van der Waals surface area contributed by atoms with Crippen molar-refractivity contribution in [1.29, 1.82) is 0 Å². The third-order valence-corrected chi connectivity index (χ3v) is 12.2. The van der Waals surface area contributed by atoms with Gasteiger partial charge in [-0.2, -0.15) is 0 Å². The van der Waals surface area contributed by atoms with Crippen LogP contribution in [0.4, 0.5) is 13.2 Å². The topological polar surface area (TPSA) is 107 Å². The second kappa shape index (κ2) is 11.5. The number of carbonyl (C=O) groups is 4. The minimum absolute atomic E-state index is 0.0979. The molecule has 1 N–H and O–H groups in total. The number of alkyl halides is 5. The van der Waals surface area contributed by atoms with E-state index in [1.165, 1.54) is 17.5 Å². The first-order valence-corrected chi connectivity index (χ1v) is 16.5. The number of halogens is 5. The molecule has 4 amide bonds. The van der Waals surface area contributed by atoms with Crippen molar-refractivity contribution < 1.29 is 42.2 Å². The number of benzene rings is 2. The lowest BCUT2D eigenvalue weighted by Gasteiger charge is -2.50. The number of phenolic OH excluding ortho intramolecular Hbond substituents is 1. The largest absolute Gasteiger partial charge is 0.573 e. The van der Waals surface area contributed by atoms with Gasteiger partial charge < -0.3 is 9.84 Å². The maximum Gasteiger partial charge on any atom is 0.573 e. The summed E-state index contributed by atoms with van der Waals surface area (Å²) in [4.78, 5) is 55.6. The number of rotatable bonds is 5. The molecule has 2 aliphatic carbocycles. The van der Waals surface area contributed by atoms with Crippen LogP contribution in [-0.4, -0.2) is 85.7 Å². The van der Waals surface area contributed by atoms with Crippen molar-refractivity contribution in [2.45, 2.75) is 60.3 Å². The van der Waals surface area contributed by atoms with Gasteiger partial charge in [0.15, 0.2) is 9.75 Å². The number of aromatic hydroxyl groups is 1. The molecule has 0 spiro atoms. The predicted molar refractivity (Wildman–Crippen MR) is 167 cm³/mol. The van der Waals surface area contributed by atoms with Gasteiger partial charge in [-0.3, -0.25) is 33.9 Å². The summed E-state index contributed by atoms with van der Waals surface area (Å²) in [6.45, 7) is 2.11. The van der Waals surface area contributed by atoms with Gasteiger partial charge in [0.2, 0.25) is 11.8 Å². The van der Waals surface area contributed by atoms with Crippen LogP contribution >= 0.6 is 23.2 Å². The van der Waals surface area contributed by atoms with E-state index in [2.05, 4.69) is 9.64 Å². The number of piperidine rings is 1. The highest BCUT2D eigenvalue weighted by Gasteiger charge is 2.76. The lowest BCUT2D eigenvalue weighted by Crippen LogP contribution is -2.60. The first kappa shape index (κ1) is 32.9. The fraction of sp³-hybridized carbons (Fsp3) is 0.471. The summed E-state index contributed by atoms with van der Waals surface area (Å²) in [7, 11) is 1.20. The number of carbonyl (C=O) groups excluding carboxylic acids is 4. The Morgan fingerprint density at radius 1 is 0.958 bits per heavy atom. The molecule has 0 unspecified atom stereocenters. The Morgan fingerprint density at radius 2 is 1.65 bits per heavy atom. The Morgan fingerprint density at radius 3 is 2.31 bits per heavy atom. The molecule has 7 rings (SSSR count). The second-order valence-electron chi connectivity index (χ2n) is 13.3. The minimum Gasteiger partial charge on any atom is -0.508 e. The molecule has 2 aromatic carbocycles. The van der Waals surface area contributed by atoms with E-state index in [9.17, 15) is 37.5 Å². The van der Waals surface area contributed by atoms with E-state index in [4.69, 9.17) is 23.2 Å². The Kier molecular flexibility index (Phi) is 7.88. The number of allylic oxidation sites excluding steroid dienone is 2. The van der Waals surface area contributed by atoms with E-state index >= 15 is 0 Å². The van der Waals surface area contributed by atoms with E-state index in [1.807, 2.05) is 30.3 Å². The van der Waals surface area contributed by atoms with Gasteiger partial charge >= 0.3 is 6.36 Å². The number of phenols is 1. The van der Waals surface area contributed by atoms with Gasteiger partial charge in [-0.25, -0.2) is 0 Å². The predicted octanol–water partition coefficient (Wildman–Crippen LogP) is 4.94. The molecule has 254 valence electrons. The molecule has 9 nitrogen and oxygen atoms in total. The highest BCUT2D eigenvalue weighted by atomic mass is 35.5. The summed E-state index contributed by atoms with van der Waals surface area (Å²) in [6, 6.07) is 12.5. The molecule has 0 radical (unpaired) electrons. The fourth-order valence-electron chi connectivity index (χ4n) is 8.61. The molecule has 5 aliphatic rings. The van der Waals surface area contributed by atoms with Crippen LogP contribution in [0.1, 0.15) is 42.7 Å². The summed E-state index contributed by atoms with van der Waals surface area (Å²) in [6.07, 6.45) is -2.40. The van der Waals surface area contributed by atoms with Crippen molar-refractivity contribution in [3.05, 3.63) is 71.3 Å². The third kappa shape index (κ3) is 4.93. The molecule has 3 heterocycles. The zero-order chi connectivity index (χ0) is 34.3. The fourth-order valence-corrected chi connectivity index (χ4v) is 9.62. The zero-order valence-electron chi connectivity index (χ0n) is 25.8. The molecule has 48 heavy (non-hydrogen) atoms. The third-order valence-electron chi connectivity index (χ3n) is 10.8. The second-order valence-corrected chi connectivity index (χ2v) is 14.5. The number of ether oxygens (including phenoxy) is 1. The molecule has 3 aliphatic heterocycles. The standard InChI is InChI=1S/C34H32Cl2F3N3O6/c1-40-30(46)32(35)16-24-21(27(33(32,36)31(40)47)23-15-20(7-10-25(23)43)48-34(37,38)39)8-9-22-26(24)29(45)42(28(22)44)19-11-13-41(14-12-19)17-18-5-3-2-4-6-18/h2-8,10,15,19,22,24,26-27,43H,9,11-14,16-17H2,1H3/t22-,24+,26-,27+,32+,33-/m0/s1. The molecule has 0 aromatic heterocycles. The minimum atomic E-state index is -5.06. The van der Waals surface area contributed by atoms with Crippen molar-refractivity contribution >= 4 is 46.8 Å². The zero-order valence-corrected chi connectivity index (χ0v) is 27.3. The van der Waals surface area contributed by atoms with Crippen molar-refractivity contribution in [3.8, 4) is 11.5 Å². The van der Waals surface area contributed by atoms with Gasteiger partial charge in [0.1, 0.15) is 11.5 Å². The molecule has 4 fully saturated rings. The normalized spacial score (nSPS) is 32.7. The van der Waals surface area contributed by atoms with Crippen molar-refractivity contribution in [1.82, 2.24) is 14.7 Å². The maximum absolute atomic E-state index is 14.3. The molecular formula is C34H32Cl2F3N3O6. The van der Waals surface area contributed by atoms with Crippen molar-refractivity contribution in [3.63, 3.8) is 0 Å². The van der Waals surface area contributed by atoms with E-state index in [0.29, 0.717) is 31.5 Å². The Bertz CT molecular complexity index is 1730. The van der Waals surface area contributed by atoms with Crippen LogP contribution in [0.2, 0.25) is 0 Å². The Labute approximate surface area is 284 Å². The van der Waals surface area contributed by atoms with Crippen LogP contribution in [0.25, 0.3) is 0 Å². The average Bonchev–Trinajstić information content (AvgIpc) is 3.37. The van der Waals surface area contributed by atoms with E-state index in [-0.39, 0.29) is 30.4 Å².